The Kier molecular flexibility index (Phi) is 16.1. The van der Waals surface area contributed by atoms with Crippen LogP contribution >= 0.6 is 12.1 Å². The molecule has 7 N–H and O–H groups in total. The molecule has 0 radical (unpaired) electrons. The van der Waals surface area contributed by atoms with Gasteiger partial charge in [0.15, 0.2) is 0 Å². The Morgan fingerprint density at radius 3 is 2.09 bits per heavy atom. The molecule has 0 heterocycles. The summed E-state index contributed by atoms with van der Waals surface area (Å²) in [6.07, 6.45) is 7.02. The number of nitrogens with one attached hydrogen (secondary N) is 3. The molecule has 2 aromatic rings. The molecule has 1 aliphatic rings. The largest absolute Gasteiger partial charge is 0.471 e. The van der Waals surface area contributed by atoms with Gasteiger partial charge in [-0.05, 0) is 62.9 Å². The number of carbonyl (C=O) groups excluding carboxylic acids is 2. The van der Waals surface area contributed by atoms with E-state index in [0.717, 1.165) is 16.9 Å². The zero-order valence-corrected chi connectivity index (χ0v) is 21.9. The first kappa shape index (κ1) is 30.3. The topological polar surface area (TPSA) is 132 Å². The van der Waals surface area contributed by atoms with Crippen molar-refractivity contribution in [2.75, 3.05) is 25.1 Å². The summed E-state index contributed by atoms with van der Waals surface area (Å²) in [5.41, 5.74) is 15.1. The molecule has 1 unspecified atom stereocenters. The maximum Gasteiger partial charge on any atom is 0.292 e. The van der Waals surface area contributed by atoms with Gasteiger partial charge < -0.3 is 21.5 Å². The third-order valence-corrected chi connectivity index (χ3v) is 6.15. The highest BCUT2D eigenvalue weighted by molar-refractivity contribution is 7.95. The number of nitrogens with two attached hydrogens (primary N) is 2. The van der Waals surface area contributed by atoms with Crippen LogP contribution in [0, 0.1) is 6.92 Å². The van der Waals surface area contributed by atoms with Crippen molar-refractivity contribution in [1.82, 2.24) is 14.8 Å². The summed E-state index contributed by atoms with van der Waals surface area (Å²) >= 11 is 1.46. The van der Waals surface area contributed by atoms with Gasteiger partial charge in [-0.3, -0.25) is 9.59 Å². The van der Waals surface area contributed by atoms with Gasteiger partial charge in [0.2, 0.25) is 5.91 Å². The summed E-state index contributed by atoms with van der Waals surface area (Å²) in [6, 6.07) is 15.8. The van der Waals surface area contributed by atoms with Crippen molar-refractivity contribution in [1.29, 1.82) is 0 Å². The number of aryl methyl sites for hydroxylation is 1. The quantitative estimate of drug-likeness (QED) is 0.199. The van der Waals surface area contributed by atoms with E-state index in [1.165, 1.54) is 56.9 Å². The fourth-order valence-electron chi connectivity index (χ4n) is 3.35. The van der Waals surface area contributed by atoms with Gasteiger partial charge in [-0.15, -0.1) is 0 Å². The second-order valence-electron chi connectivity index (χ2n) is 8.31. The Hall–Kier alpha value is -2.75. The fourth-order valence-corrected chi connectivity index (χ4v) is 4.15. The van der Waals surface area contributed by atoms with Crippen molar-refractivity contribution in [3.05, 3.63) is 59.7 Å². The number of likely N-dealkylation sites (N-methyl/N-ethyl adjacent to an activating group) is 1. The smallest absolute Gasteiger partial charge is 0.292 e. The van der Waals surface area contributed by atoms with E-state index < -0.39 is 0 Å². The van der Waals surface area contributed by atoms with Crippen molar-refractivity contribution >= 4 is 35.9 Å². The molecule has 1 saturated carbocycles. The normalized spacial score (nSPS) is 13.8. The summed E-state index contributed by atoms with van der Waals surface area (Å²) < 4.78 is 10.6. The van der Waals surface area contributed by atoms with Crippen molar-refractivity contribution in [2.24, 2.45) is 0 Å². The minimum absolute atomic E-state index is 0.0299. The van der Waals surface area contributed by atoms with Crippen molar-refractivity contribution in [2.45, 2.75) is 64.5 Å². The van der Waals surface area contributed by atoms with Crippen LogP contribution in [-0.2, 0) is 20.7 Å². The van der Waals surface area contributed by atoms with E-state index in [-0.39, 0.29) is 11.9 Å². The number of carbonyl (C=O) groups is 2. The number of methoxy groups -OCH3 is 1. The first-order valence-corrected chi connectivity index (χ1v) is 12.8. The SMILES string of the molecule is CCNC(=O)C(Cc1ccc(N)cc1)NSNC1CCCCC1.COC=O.Cc1ccc(N)cc1. The molecule has 0 aliphatic heterocycles. The first-order valence-electron chi connectivity index (χ1n) is 12.0. The van der Waals surface area contributed by atoms with E-state index in [1.807, 2.05) is 62.4 Å². The van der Waals surface area contributed by atoms with Crippen LogP contribution in [0.2, 0.25) is 0 Å². The minimum Gasteiger partial charge on any atom is -0.471 e. The average molecular weight is 504 g/mol. The molecule has 2 aromatic carbocycles. The van der Waals surface area contributed by atoms with Gasteiger partial charge in [0.1, 0.15) is 6.04 Å². The molecule has 1 fully saturated rings. The molecule has 1 aliphatic carbocycles. The zero-order chi connectivity index (χ0) is 25.9. The molecule has 1 amide bonds. The van der Waals surface area contributed by atoms with E-state index in [1.54, 1.807) is 0 Å². The second kappa shape index (κ2) is 18.6. The standard InChI is InChI=1S/C17H28N4OS.C7H9N.C2H4O2/c1-2-19-17(22)16(12-13-8-10-14(18)11-9-13)21-23-20-15-6-4-3-5-7-15;1-6-2-4-7(8)5-3-6;1-4-2-3/h8-11,15-16,20-21H,2-7,12,18H2,1H3,(H,19,22);2-5H,8H2,1H3;2H,1H3. The number of amides is 1. The number of rotatable bonds is 9. The number of benzene rings is 2. The van der Waals surface area contributed by atoms with Crippen LogP contribution in [0.3, 0.4) is 0 Å². The first-order chi connectivity index (χ1) is 16.9. The lowest BCUT2D eigenvalue weighted by molar-refractivity contribution is -0.126. The van der Waals surface area contributed by atoms with Gasteiger partial charge in [-0.1, -0.05) is 49.1 Å². The number of hydrogen-bond acceptors (Lipinski definition) is 8. The van der Waals surface area contributed by atoms with E-state index in [2.05, 4.69) is 19.5 Å². The summed E-state index contributed by atoms with van der Waals surface area (Å²) in [5.74, 6) is 0.0299. The van der Waals surface area contributed by atoms with Crippen molar-refractivity contribution in [3.8, 4) is 0 Å². The number of hydrogen-bond donors (Lipinski definition) is 5. The van der Waals surface area contributed by atoms with E-state index in [9.17, 15) is 4.79 Å². The van der Waals surface area contributed by atoms with E-state index in [0.29, 0.717) is 25.5 Å². The summed E-state index contributed by atoms with van der Waals surface area (Å²) in [5, 5.41) is 2.90. The maximum absolute atomic E-state index is 12.3. The number of anilines is 2. The predicted molar refractivity (Wildman–Crippen MR) is 146 cm³/mol. The Labute approximate surface area is 214 Å². The lowest BCUT2D eigenvalue weighted by atomic mass is 9.96. The maximum atomic E-state index is 12.3. The zero-order valence-electron chi connectivity index (χ0n) is 21.1. The van der Waals surface area contributed by atoms with Gasteiger partial charge in [0.05, 0.1) is 7.11 Å². The van der Waals surface area contributed by atoms with Gasteiger partial charge in [-0.2, -0.15) is 0 Å². The lowest BCUT2D eigenvalue weighted by Crippen LogP contribution is -2.44. The van der Waals surface area contributed by atoms with Gasteiger partial charge in [0.25, 0.3) is 6.47 Å². The lowest BCUT2D eigenvalue weighted by Gasteiger charge is -2.24. The Morgan fingerprint density at radius 1 is 1.06 bits per heavy atom. The van der Waals surface area contributed by atoms with Gasteiger partial charge >= 0.3 is 0 Å². The molecular formula is C26H41N5O3S. The third kappa shape index (κ3) is 14.3. The number of nitrogen functional groups attached to an aromatic ring is 2. The molecular weight excluding hydrogens is 462 g/mol. The van der Waals surface area contributed by atoms with Crippen LogP contribution in [-0.4, -0.2) is 38.1 Å². The Bertz CT molecular complexity index is 807. The Balaban J connectivity index is 0.000000419. The second-order valence-corrected chi connectivity index (χ2v) is 8.98. The van der Waals surface area contributed by atoms with Crippen LogP contribution in [0.25, 0.3) is 0 Å². The molecule has 0 bridgehead atoms. The average Bonchev–Trinajstić information content (AvgIpc) is 2.88. The van der Waals surface area contributed by atoms with E-state index >= 15 is 0 Å². The third-order valence-electron chi connectivity index (χ3n) is 5.29. The van der Waals surface area contributed by atoms with Crippen LogP contribution < -0.4 is 26.2 Å². The molecule has 35 heavy (non-hydrogen) atoms. The summed E-state index contributed by atoms with van der Waals surface area (Å²) in [7, 11) is 1.31. The fraction of sp³-hybridized carbons (Fsp3) is 0.462. The molecule has 0 spiro atoms. The van der Waals surface area contributed by atoms with Gasteiger partial charge in [0, 0.05) is 36.1 Å². The van der Waals surface area contributed by atoms with Crippen molar-refractivity contribution < 1.29 is 14.3 Å². The highest BCUT2D eigenvalue weighted by atomic mass is 32.2. The van der Waals surface area contributed by atoms with Crippen LogP contribution in [0.1, 0.15) is 50.2 Å². The van der Waals surface area contributed by atoms with Gasteiger partial charge in [-0.25, -0.2) is 9.44 Å². The molecule has 1 atom stereocenters. The molecule has 0 saturated heterocycles. The highest BCUT2D eigenvalue weighted by Gasteiger charge is 2.19. The van der Waals surface area contributed by atoms with Crippen LogP contribution in [0.15, 0.2) is 48.5 Å². The summed E-state index contributed by atoms with van der Waals surface area (Å²) in [4.78, 5) is 21.2. The predicted octanol–water partition coefficient (Wildman–Crippen LogP) is 3.76. The molecule has 9 heteroatoms. The summed E-state index contributed by atoms with van der Waals surface area (Å²) in [6.45, 7) is 4.99. The molecule has 0 aromatic heterocycles. The molecule has 8 nitrogen and oxygen atoms in total. The minimum atomic E-state index is -0.264. The Morgan fingerprint density at radius 2 is 1.60 bits per heavy atom. The van der Waals surface area contributed by atoms with Crippen LogP contribution in [0.5, 0.6) is 0 Å². The molecule has 194 valence electrons. The van der Waals surface area contributed by atoms with Crippen LogP contribution in [0.4, 0.5) is 11.4 Å². The van der Waals surface area contributed by atoms with E-state index in [4.69, 9.17) is 16.3 Å². The monoisotopic (exact) mass is 503 g/mol. The van der Waals surface area contributed by atoms with Crippen molar-refractivity contribution in [3.63, 3.8) is 0 Å². The molecule has 3 rings (SSSR count). The number of ether oxygens (including phenoxy) is 1. The highest BCUT2D eigenvalue weighted by Crippen LogP contribution is 2.19.